The Hall–Kier alpha value is -1.10. The Kier molecular flexibility index (Phi) is 5.85. The maximum absolute atomic E-state index is 5.69. The predicted molar refractivity (Wildman–Crippen MR) is 65.2 cm³/mol. The molecule has 1 atom stereocenters. The van der Waals surface area contributed by atoms with E-state index in [1.165, 1.54) is 5.56 Å². The van der Waals surface area contributed by atoms with Crippen LogP contribution in [0.1, 0.15) is 5.56 Å². The van der Waals surface area contributed by atoms with Crippen LogP contribution in [0, 0.1) is 0 Å². The van der Waals surface area contributed by atoms with Crippen molar-refractivity contribution in [3.63, 3.8) is 0 Å². The Labute approximate surface area is 96.7 Å². The molecule has 0 aromatic heterocycles. The van der Waals surface area contributed by atoms with E-state index in [4.69, 9.17) is 15.2 Å². The van der Waals surface area contributed by atoms with Crippen molar-refractivity contribution in [2.75, 3.05) is 33.1 Å². The number of nitrogens with two attached hydrogens (primary N) is 1. The lowest BCUT2D eigenvalue weighted by Gasteiger charge is -2.15. The fourth-order valence-electron chi connectivity index (χ4n) is 1.48. The number of rotatable bonds is 7. The second kappa shape index (κ2) is 7.22. The number of benzene rings is 1. The Morgan fingerprint density at radius 3 is 2.81 bits per heavy atom. The van der Waals surface area contributed by atoms with Crippen molar-refractivity contribution in [1.82, 2.24) is 5.32 Å². The van der Waals surface area contributed by atoms with Gasteiger partial charge in [0, 0.05) is 33.0 Å². The molecule has 3 N–H and O–H groups in total. The van der Waals surface area contributed by atoms with E-state index in [-0.39, 0.29) is 6.10 Å². The van der Waals surface area contributed by atoms with Gasteiger partial charge in [-0.05, 0) is 17.7 Å². The van der Waals surface area contributed by atoms with Crippen LogP contribution in [0.15, 0.2) is 24.3 Å². The van der Waals surface area contributed by atoms with Gasteiger partial charge < -0.3 is 20.5 Å². The Balaban J connectivity index is 2.29. The highest BCUT2D eigenvalue weighted by Crippen LogP contribution is 2.05. The van der Waals surface area contributed by atoms with Crippen LogP contribution in [0.3, 0.4) is 0 Å². The number of nitrogens with one attached hydrogen (secondary N) is 1. The molecule has 0 radical (unpaired) electrons. The van der Waals surface area contributed by atoms with Crippen molar-refractivity contribution >= 4 is 5.69 Å². The van der Waals surface area contributed by atoms with Crippen molar-refractivity contribution < 1.29 is 9.47 Å². The molecule has 0 saturated heterocycles. The van der Waals surface area contributed by atoms with Crippen molar-refractivity contribution in [3.05, 3.63) is 29.8 Å². The van der Waals surface area contributed by atoms with E-state index in [2.05, 4.69) is 5.32 Å². The van der Waals surface area contributed by atoms with Crippen LogP contribution in [0.25, 0.3) is 0 Å². The molecule has 0 heterocycles. The SMILES string of the molecule is COCC(CNCc1cccc(N)c1)OC. The molecule has 0 spiro atoms. The number of hydrogen-bond donors (Lipinski definition) is 2. The van der Waals surface area contributed by atoms with Gasteiger partial charge in [-0.2, -0.15) is 0 Å². The summed E-state index contributed by atoms with van der Waals surface area (Å²) in [7, 11) is 3.36. The van der Waals surface area contributed by atoms with Crippen molar-refractivity contribution in [1.29, 1.82) is 0 Å². The van der Waals surface area contributed by atoms with Crippen molar-refractivity contribution in [2.24, 2.45) is 0 Å². The van der Waals surface area contributed by atoms with Crippen LogP contribution in [0.2, 0.25) is 0 Å². The van der Waals surface area contributed by atoms with Gasteiger partial charge in [-0.3, -0.25) is 0 Å². The van der Waals surface area contributed by atoms with E-state index < -0.39 is 0 Å². The van der Waals surface area contributed by atoms with Gasteiger partial charge in [0.2, 0.25) is 0 Å². The molecule has 1 rings (SSSR count). The van der Waals surface area contributed by atoms with Gasteiger partial charge in [0.25, 0.3) is 0 Å². The summed E-state index contributed by atoms with van der Waals surface area (Å²) < 4.78 is 10.3. The van der Waals surface area contributed by atoms with Gasteiger partial charge in [-0.25, -0.2) is 0 Å². The van der Waals surface area contributed by atoms with E-state index in [1.54, 1.807) is 14.2 Å². The summed E-state index contributed by atoms with van der Waals surface area (Å²) in [5.41, 5.74) is 7.66. The first-order chi connectivity index (χ1) is 7.76. The number of hydrogen-bond acceptors (Lipinski definition) is 4. The molecule has 0 amide bonds. The maximum atomic E-state index is 5.69. The van der Waals surface area contributed by atoms with Gasteiger partial charge in [0.05, 0.1) is 12.7 Å². The molecule has 0 aliphatic heterocycles. The van der Waals surface area contributed by atoms with Crippen molar-refractivity contribution in [3.8, 4) is 0 Å². The first-order valence-electron chi connectivity index (χ1n) is 5.33. The normalized spacial score (nSPS) is 12.6. The molecule has 90 valence electrons. The van der Waals surface area contributed by atoms with E-state index in [0.717, 1.165) is 18.8 Å². The summed E-state index contributed by atoms with van der Waals surface area (Å²) in [6, 6.07) is 7.84. The molecule has 0 saturated carbocycles. The zero-order chi connectivity index (χ0) is 11.8. The minimum absolute atomic E-state index is 0.0889. The topological polar surface area (TPSA) is 56.5 Å². The third-order valence-electron chi connectivity index (χ3n) is 2.34. The number of methoxy groups -OCH3 is 2. The Morgan fingerprint density at radius 1 is 1.38 bits per heavy atom. The summed E-state index contributed by atoms with van der Waals surface area (Å²) in [4.78, 5) is 0. The molecule has 4 nitrogen and oxygen atoms in total. The zero-order valence-corrected chi connectivity index (χ0v) is 9.90. The minimum atomic E-state index is 0.0889. The highest BCUT2D eigenvalue weighted by atomic mass is 16.5. The lowest BCUT2D eigenvalue weighted by molar-refractivity contribution is 0.0288. The lowest BCUT2D eigenvalue weighted by atomic mass is 10.2. The van der Waals surface area contributed by atoms with Crippen molar-refractivity contribution in [2.45, 2.75) is 12.6 Å². The van der Waals surface area contributed by atoms with Crippen LogP contribution in [0.5, 0.6) is 0 Å². The fourth-order valence-corrected chi connectivity index (χ4v) is 1.48. The molecule has 0 aliphatic carbocycles. The van der Waals surface area contributed by atoms with Crippen LogP contribution < -0.4 is 11.1 Å². The van der Waals surface area contributed by atoms with Crippen LogP contribution in [-0.2, 0) is 16.0 Å². The third-order valence-corrected chi connectivity index (χ3v) is 2.34. The summed E-state index contributed by atoms with van der Waals surface area (Å²) in [6.45, 7) is 2.15. The molecule has 0 bridgehead atoms. The monoisotopic (exact) mass is 224 g/mol. The smallest absolute Gasteiger partial charge is 0.0928 e. The van der Waals surface area contributed by atoms with Crippen LogP contribution in [-0.4, -0.2) is 33.5 Å². The summed E-state index contributed by atoms with van der Waals surface area (Å²) in [6.07, 6.45) is 0.0889. The van der Waals surface area contributed by atoms with Gasteiger partial charge in [-0.15, -0.1) is 0 Å². The summed E-state index contributed by atoms with van der Waals surface area (Å²) in [5, 5.41) is 3.30. The third kappa shape index (κ3) is 4.61. The van der Waals surface area contributed by atoms with Gasteiger partial charge in [0.15, 0.2) is 0 Å². The Bertz CT molecular complexity index is 305. The van der Waals surface area contributed by atoms with Gasteiger partial charge >= 0.3 is 0 Å². The molecular weight excluding hydrogens is 204 g/mol. The average molecular weight is 224 g/mol. The van der Waals surface area contributed by atoms with Crippen LogP contribution >= 0.6 is 0 Å². The van der Waals surface area contributed by atoms with E-state index in [0.29, 0.717) is 6.61 Å². The van der Waals surface area contributed by atoms with Gasteiger partial charge in [-0.1, -0.05) is 12.1 Å². The second-order valence-corrected chi connectivity index (χ2v) is 3.69. The highest BCUT2D eigenvalue weighted by molar-refractivity contribution is 5.40. The number of ether oxygens (including phenoxy) is 2. The molecule has 0 fully saturated rings. The predicted octanol–water partition coefficient (Wildman–Crippen LogP) is 1.02. The molecule has 4 heteroatoms. The Morgan fingerprint density at radius 2 is 2.19 bits per heavy atom. The second-order valence-electron chi connectivity index (χ2n) is 3.69. The molecular formula is C12H20N2O2. The summed E-state index contributed by atoms with van der Waals surface area (Å²) >= 11 is 0. The largest absolute Gasteiger partial charge is 0.399 e. The van der Waals surface area contributed by atoms with Crippen LogP contribution in [0.4, 0.5) is 5.69 Å². The van der Waals surface area contributed by atoms with Gasteiger partial charge in [0.1, 0.15) is 0 Å². The lowest BCUT2D eigenvalue weighted by Crippen LogP contribution is -2.31. The van der Waals surface area contributed by atoms with E-state index in [9.17, 15) is 0 Å². The molecule has 1 aromatic carbocycles. The summed E-state index contributed by atoms with van der Waals surface area (Å²) in [5.74, 6) is 0. The van der Waals surface area contributed by atoms with E-state index in [1.807, 2.05) is 24.3 Å². The van der Waals surface area contributed by atoms with E-state index >= 15 is 0 Å². The molecule has 1 aromatic rings. The molecule has 1 unspecified atom stereocenters. The molecule has 16 heavy (non-hydrogen) atoms. The quantitative estimate of drug-likeness (QED) is 0.679. The minimum Gasteiger partial charge on any atom is -0.399 e. The molecule has 0 aliphatic rings. The average Bonchev–Trinajstić information content (AvgIpc) is 2.28. The maximum Gasteiger partial charge on any atom is 0.0928 e. The first kappa shape index (κ1) is 13.0. The zero-order valence-electron chi connectivity index (χ0n) is 9.90. The standard InChI is InChI=1S/C12H20N2O2/c1-15-9-12(16-2)8-14-7-10-4-3-5-11(13)6-10/h3-6,12,14H,7-9,13H2,1-2H3. The fraction of sp³-hybridized carbons (Fsp3) is 0.500. The highest BCUT2D eigenvalue weighted by Gasteiger charge is 2.05. The first-order valence-corrected chi connectivity index (χ1v) is 5.33. The number of anilines is 1. The number of nitrogen functional groups attached to an aromatic ring is 1.